The fraction of sp³-hybridized carbons (Fsp3) is 0.185. The summed E-state index contributed by atoms with van der Waals surface area (Å²) in [5.41, 5.74) is 6.04. The van der Waals surface area contributed by atoms with Gasteiger partial charge in [0.05, 0.1) is 39.7 Å². The van der Waals surface area contributed by atoms with Crippen molar-refractivity contribution in [3.63, 3.8) is 0 Å². The lowest BCUT2D eigenvalue weighted by molar-refractivity contribution is -0.117. The summed E-state index contributed by atoms with van der Waals surface area (Å²) in [7, 11) is 0. The normalized spacial score (nSPS) is 11.9. The van der Waals surface area contributed by atoms with E-state index >= 15 is 0 Å². The molecular formula is C27H24N8OS. The van der Waals surface area contributed by atoms with Gasteiger partial charge < -0.3 is 10.3 Å². The Hall–Kier alpha value is -4.44. The number of rotatable bonds is 5. The molecule has 0 atom stereocenters. The third-order valence-electron chi connectivity index (χ3n) is 5.84. The van der Waals surface area contributed by atoms with Crippen molar-refractivity contribution in [1.29, 1.82) is 0 Å². The summed E-state index contributed by atoms with van der Waals surface area (Å²) in [4.78, 5) is 35.2. The van der Waals surface area contributed by atoms with Crippen LogP contribution in [0.4, 0.5) is 5.69 Å². The van der Waals surface area contributed by atoms with Gasteiger partial charge in [0.15, 0.2) is 5.82 Å². The van der Waals surface area contributed by atoms with Gasteiger partial charge in [-0.05, 0) is 35.1 Å². The number of nitrogens with one attached hydrogen (secondary N) is 3. The molecule has 0 radical (unpaired) electrons. The molecule has 0 saturated heterocycles. The van der Waals surface area contributed by atoms with Crippen LogP contribution in [0.5, 0.6) is 0 Å². The van der Waals surface area contributed by atoms with Crippen LogP contribution in [0.1, 0.15) is 27.2 Å². The molecule has 0 unspecified atom stereocenters. The van der Waals surface area contributed by atoms with Gasteiger partial charge in [-0.3, -0.25) is 24.8 Å². The number of carbonyl (C=O) groups excluding carboxylic acids is 1. The number of anilines is 1. The van der Waals surface area contributed by atoms with Crippen molar-refractivity contribution in [3.05, 3.63) is 60.5 Å². The zero-order chi connectivity index (χ0) is 25.6. The number of pyridine rings is 3. The number of thiophene rings is 1. The van der Waals surface area contributed by atoms with Gasteiger partial charge in [-0.2, -0.15) is 5.10 Å². The Morgan fingerprint density at radius 3 is 2.76 bits per heavy atom. The molecule has 0 aliphatic carbocycles. The number of hydrogen-bond donors (Lipinski definition) is 3. The number of hydrogen-bond acceptors (Lipinski definition) is 7. The van der Waals surface area contributed by atoms with Crippen LogP contribution in [-0.2, 0) is 4.79 Å². The molecule has 6 heterocycles. The molecule has 6 rings (SSSR count). The van der Waals surface area contributed by atoms with E-state index in [4.69, 9.17) is 4.98 Å². The topological polar surface area (TPSA) is 125 Å². The Morgan fingerprint density at radius 2 is 1.95 bits per heavy atom. The first-order chi connectivity index (χ1) is 17.8. The van der Waals surface area contributed by atoms with Crippen molar-refractivity contribution in [3.8, 4) is 33.3 Å². The molecule has 9 nitrogen and oxygen atoms in total. The SMILES string of the molecule is CC(C)(C)CC(=O)Nc1cncc(-c2cc3c(-c4nc5c(-c6cccs6)nccc5[nH]4)n[nH]c3cn2)c1. The molecule has 0 aromatic carbocycles. The molecule has 0 fully saturated rings. The summed E-state index contributed by atoms with van der Waals surface area (Å²) >= 11 is 1.63. The van der Waals surface area contributed by atoms with Gasteiger partial charge in [-0.25, -0.2) is 4.98 Å². The Balaban J connectivity index is 1.36. The Kier molecular flexibility index (Phi) is 5.53. The van der Waals surface area contributed by atoms with Crippen LogP contribution < -0.4 is 5.32 Å². The second-order valence-electron chi connectivity index (χ2n) is 10.1. The average molecular weight is 509 g/mol. The van der Waals surface area contributed by atoms with E-state index in [0.717, 1.165) is 38.1 Å². The minimum absolute atomic E-state index is 0.0479. The van der Waals surface area contributed by atoms with E-state index in [0.29, 0.717) is 29.3 Å². The highest BCUT2D eigenvalue weighted by Gasteiger charge is 2.18. The third kappa shape index (κ3) is 4.58. The highest BCUT2D eigenvalue weighted by molar-refractivity contribution is 7.13. The lowest BCUT2D eigenvalue weighted by Gasteiger charge is -2.17. The predicted octanol–water partition coefficient (Wildman–Crippen LogP) is 6.06. The first kappa shape index (κ1) is 23.0. The van der Waals surface area contributed by atoms with Crippen LogP contribution in [0.15, 0.2) is 60.5 Å². The monoisotopic (exact) mass is 508 g/mol. The molecule has 6 aromatic heterocycles. The zero-order valence-electron chi connectivity index (χ0n) is 20.5. The summed E-state index contributed by atoms with van der Waals surface area (Å²) in [5.74, 6) is 0.596. The summed E-state index contributed by atoms with van der Waals surface area (Å²) in [6.45, 7) is 6.10. The summed E-state index contributed by atoms with van der Waals surface area (Å²) in [6.07, 6.45) is 7.31. The minimum atomic E-state index is -0.101. The van der Waals surface area contributed by atoms with Crippen LogP contribution in [0.2, 0.25) is 0 Å². The van der Waals surface area contributed by atoms with Gasteiger partial charge in [0.25, 0.3) is 0 Å². The van der Waals surface area contributed by atoms with Crippen molar-refractivity contribution in [1.82, 2.24) is 35.1 Å². The molecule has 3 N–H and O–H groups in total. The molecular weight excluding hydrogens is 484 g/mol. The Bertz CT molecular complexity index is 1740. The van der Waals surface area contributed by atoms with Gasteiger partial charge in [-0.15, -0.1) is 11.3 Å². The number of carbonyl (C=O) groups is 1. The van der Waals surface area contributed by atoms with E-state index in [1.807, 2.05) is 56.5 Å². The van der Waals surface area contributed by atoms with Crippen LogP contribution in [0.3, 0.4) is 0 Å². The van der Waals surface area contributed by atoms with E-state index in [1.54, 1.807) is 36.1 Å². The van der Waals surface area contributed by atoms with Crippen LogP contribution >= 0.6 is 11.3 Å². The zero-order valence-corrected chi connectivity index (χ0v) is 21.3. The van der Waals surface area contributed by atoms with Crippen molar-refractivity contribution in [2.45, 2.75) is 27.2 Å². The molecule has 10 heteroatoms. The molecule has 0 spiro atoms. The van der Waals surface area contributed by atoms with E-state index in [1.165, 1.54) is 0 Å². The number of nitrogens with zero attached hydrogens (tertiary/aromatic N) is 5. The van der Waals surface area contributed by atoms with Crippen LogP contribution in [0.25, 0.3) is 55.3 Å². The van der Waals surface area contributed by atoms with Gasteiger partial charge in [0, 0.05) is 29.8 Å². The standard InChI is InChI=1S/C27H24N8OS/c1-27(2,3)11-22(36)31-16-9-15(12-28-13-16)19-10-17-20(14-30-19)34-35-23(17)26-32-18-6-7-29-25(24(18)33-26)21-5-4-8-37-21/h4-10,12-14H,11H2,1-3H3,(H,31,36)(H,32,33)(H,34,35). The lowest BCUT2D eigenvalue weighted by Crippen LogP contribution is -2.19. The molecule has 6 aromatic rings. The van der Waals surface area contributed by atoms with Crippen LogP contribution in [-0.4, -0.2) is 41.0 Å². The minimum Gasteiger partial charge on any atom is -0.336 e. The third-order valence-corrected chi connectivity index (χ3v) is 6.71. The molecule has 0 aliphatic heterocycles. The quantitative estimate of drug-likeness (QED) is 0.260. The fourth-order valence-corrected chi connectivity index (χ4v) is 4.95. The molecule has 0 saturated carbocycles. The maximum atomic E-state index is 12.4. The summed E-state index contributed by atoms with van der Waals surface area (Å²) in [5, 5.41) is 13.4. The predicted molar refractivity (Wildman–Crippen MR) is 146 cm³/mol. The average Bonchev–Trinajstić information content (AvgIpc) is 3.61. The summed E-state index contributed by atoms with van der Waals surface area (Å²) in [6, 6.07) is 9.79. The number of amides is 1. The van der Waals surface area contributed by atoms with Crippen molar-refractivity contribution < 1.29 is 4.79 Å². The molecule has 37 heavy (non-hydrogen) atoms. The van der Waals surface area contributed by atoms with Gasteiger partial charge in [0.1, 0.15) is 16.9 Å². The fourth-order valence-electron chi connectivity index (χ4n) is 4.23. The molecule has 1 amide bonds. The largest absolute Gasteiger partial charge is 0.336 e. The van der Waals surface area contributed by atoms with Crippen LogP contribution in [0, 0.1) is 5.41 Å². The number of H-pyrrole nitrogens is 2. The highest BCUT2D eigenvalue weighted by Crippen LogP contribution is 2.33. The van der Waals surface area contributed by atoms with E-state index < -0.39 is 0 Å². The second kappa shape index (κ2) is 8.90. The molecule has 0 aliphatic rings. The van der Waals surface area contributed by atoms with Gasteiger partial charge in [0.2, 0.25) is 5.91 Å². The first-order valence-corrected chi connectivity index (χ1v) is 12.7. The van der Waals surface area contributed by atoms with Crippen molar-refractivity contribution >= 4 is 44.9 Å². The van der Waals surface area contributed by atoms with Crippen molar-refractivity contribution in [2.24, 2.45) is 5.41 Å². The number of fused-ring (bicyclic) bond motifs is 2. The maximum Gasteiger partial charge on any atom is 0.224 e. The highest BCUT2D eigenvalue weighted by atomic mass is 32.1. The smallest absolute Gasteiger partial charge is 0.224 e. The number of imidazole rings is 1. The van der Waals surface area contributed by atoms with E-state index in [2.05, 4.69) is 35.5 Å². The lowest BCUT2D eigenvalue weighted by atomic mass is 9.92. The number of aromatic nitrogens is 7. The van der Waals surface area contributed by atoms with E-state index in [9.17, 15) is 4.79 Å². The Morgan fingerprint density at radius 1 is 1.05 bits per heavy atom. The van der Waals surface area contributed by atoms with E-state index in [-0.39, 0.29) is 11.3 Å². The first-order valence-electron chi connectivity index (χ1n) is 11.8. The Labute approximate surface area is 216 Å². The maximum absolute atomic E-state index is 12.4. The second-order valence-corrected chi connectivity index (χ2v) is 11.0. The van der Waals surface area contributed by atoms with Gasteiger partial charge in [-0.1, -0.05) is 26.8 Å². The summed E-state index contributed by atoms with van der Waals surface area (Å²) < 4.78 is 0. The molecule has 184 valence electrons. The number of aromatic amines is 2. The van der Waals surface area contributed by atoms with Crippen molar-refractivity contribution in [2.75, 3.05) is 5.32 Å². The van der Waals surface area contributed by atoms with Gasteiger partial charge >= 0.3 is 0 Å². The molecule has 0 bridgehead atoms.